The summed E-state index contributed by atoms with van der Waals surface area (Å²) in [5, 5.41) is 0. The van der Waals surface area contributed by atoms with Crippen molar-refractivity contribution in [1.82, 2.24) is 4.90 Å². The van der Waals surface area contributed by atoms with Gasteiger partial charge in [0.25, 0.3) is 0 Å². The summed E-state index contributed by atoms with van der Waals surface area (Å²) in [5.41, 5.74) is 3.98. The van der Waals surface area contributed by atoms with Crippen molar-refractivity contribution in [1.29, 1.82) is 0 Å². The number of carbonyl (C=O) groups is 2. The maximum atomic E-state index is 12.7. The highest BCUT2D eigenvalue weighted by molar-refractivity contribution is 5.99. The van der Waals surface area contributed by atoms with E-state index < -0.39 is 0 Å². The molecule has 0 saturated carbocycles. The Morgan fingerprint density at radius 1 is 1.04 bits per heavy atom. The lowest BCUT2D eigenvalue weighted by molar-refractivity contribution is -0.132. The van der Waals surface area contributed by atoms with Gasteiger partial charge in [-0.2, -0.15) is 0 Å². The molecule has 2 aromatic carbocycles. The molecule has 3 rings (SSSR count). The van der Waals surface area contributed by atoms with Crippen LogP contribution in [0.15, 0.2) is 48.5 Å². The molecule has 2 aromatic rings. The number of Topliss-reactive ketones (excluding diaryl/α,β-unsaturated/α-hetero) is 1. The van der Waals surface area contributed by atoms with E-state index in [-0.39, 0.29) is 30.6 Å². The standard InChI is InChI=1S/C22H25NO2/c1-16-10-11-17(2)19(15-16)21(24)12-13-22(25)23-14-6-9-20(23)18-7-4-3-5-8-18/h3-5,7-8,10-11,15,20H,6,9,12-14H2,1-2H3. The average Bonchev–Trinajstić information content (AvgIpc) is 3.12. The summed E-state index contributed by atoms with van der Waals surface area (Å²) < 4.78 is 0. The molecule has 1 amide bonds. The number of ketones is 1. The number of rotatable bonds is 5. The highest BCUT2D eigenvalue weighted by Gasteiger charge is 2.29. The van der Waals surface area contributed by atoms with E-state index in [0.717, 1.165) is 36.1 Å². The fraction of sp³-hybridized carbons (Fsp3) is 0.364. The summed E-state index contributed by atoms with van der Waals surface area (Å²) >= 11 is 0. The van der Waals surface area contributed by atoms with Crippen molar-refractivity contribution in [2.75, 3.05) is 6.54 Å². The molecule has 3 nitrogen and oxygen atoms in total. The van der Waals surface area contributed by atoms with Crippen molar-refractivity contribution in [3.63, 3.8) is 0 Å². The van der Waals surface area contributed by atoms with Crippen LogP contribution in [0.5, 0.6) is 0 Å². The van der Waals surface area contributed by atoms with Gasteiger partial charge in [-0.3, -0.25) is 9.59 Å². The van der Waals surface area contributed by atoms with Gasteiger partial charge in [-0.25, -0.2) is 0 Å². The minimum absolute atomic E-state index is 0.0602. The van der Waals surface area contributed by atoms with Crippen LogP contribution in [0.4, 0.5) is 0 Å². The van der Waals surface area contributed by atoms with Gasteiger partial charge in [-0.15, -0.1) is 0 Å². The second kappa shape index (κ2) is 7.64. The first kappa shape index (κ1) is 17.4. The summed E-state index contributed by atoms with van der Waals surface area (Å²) in [4.78, 5) is 27.2. The Balaban J connectivity index is 1.64. The summed E-state index contributed by atoms with van der Waals surface area (Å²) in [6.45, 7) is 4.71. The molecule has 1 atom stereocenters. The van der Waals surface area contributed by atoms with E-state index in [1.807, 2.05) is 55.1 Å². The van der Waals surface area contributed by atoms with Gasteiger partial charge in [0, 0.05) is 24.9 Å². The third-order valence-corrected chi connectivity index (χ3v) is 5.02. The molecule has 1 unspecified atom stereocenters. The van der Waals surface area contributed by atoms with Crippen LogP contribution in [-0.4, -0.2) is 23.1 Å². The highest BCUT2D eigenvalue weighted by Crippen LogP contribution is 2.32. The highest BCUT2D eigenvalue weighted by atomic mass is 16.2. The van der Waals surface area contributed by atoms with E-state index in [0.29, 0.717) is 0 Å². The zero-order valence-corrected chi connectivity index (χ0v) is 15.0. The number of nitrogens with zero attached hydrogens (tertiary/aromatic N) is 1. The van der Waals surface area contributed by atoms with Gasteiger partial charge in [0.1, 0.15) is 0 Å². The Bertz CT molecular complexity index is 767. The first-order chi connectivity index (χ1) is 12.1. The summed E-state index contributed by atoms with van der Waals surface area (Å²) in [7, 11) is 0. The first-order valence-corrected chi connectivity index (χ1v) is 9.01. The van der Waals surface area contributed by atoms with Crippen molar-refractivity contribution < 1.29 is 9.59 Å². The number of hydrogen-bond donors (Lipinski definition) is 0. The van der Waals surface area contributed by atoms with E-state index >= 15 is 0 Å². The van der Waals surface area contributed by atoms with Crippen LogP contribution >= 0.6 is 0 Å². The van der Waals surface area contributed by atoms with Crippen molar-refractivity contribution in [3.8, 4) is 0 Å². The molecule has 1 aliphatic heterocycles. The van der Waals surface area contributed by atoms with Crippen molar-refractivity contribution >= 4 is 11.7 Å². The summed E-state index contributed by atoms with van der Waals surface area (Å²) in [6.07, 6.45) is 2.59. The SMILES string of the molecule is Cc1ccc(C)c(C(=O)CCC(=O)N2CCCC2c2ccccc2)c1. The Labute approximate surface area is 149 Å². The van der Waals surface area contributed by atoms with Crippen molar-refractivity contribution in [3.05, 3.63) is 70.8 Å². The van der Waals surface area contributed by atoms with Crippen molar-refractivity contribution in [2.45, 2.75) is 45.6 Å². The molecule has 0 N–H and O–H groups in total. The van der Waals surface area contributed by atoms with Crippen LogP contribution in [0.2, 0.25) is 0 Å². The Kier molecular flexibility index (Phi) is 5.32. The molecule has 25 heavy (non-hydrogen) atoms. The lowest BCUT2D eigenvalue weighted by Gasteiger charge is -2.25. The zero-order chi connectivity index (χ0) is 17.8. The van der Waals surface area contributed by atoms with Gasteiger partial charge in [0.05, 0.1) is 6.04 Å². The van der Waals surface area contributed by atoms with E-state index in [4.69, 9.17) is 0 Å². The van der Waals surface area contributed by atoms with Gasteiger partial charge in [-0.1, -0.05) is 48.0 Å². The molecule has 0 bridgehead atoms. The van der Waals surface area contributed by atoms with Crippen LogP contribution in [0.25, 0.3) is 0 Å². The fourth-order valence-corrected chi connectivity index (χ4v) is 3.62. The first-order valence-electron chi connectivity index (χ1n) is 9.01. The van der Waals surface area contributed by atoms with E-state index in [1.54, 1.807) is 0 Å². The van der Waals surface area contributed by atoms with Crippen LogP contribution in [-0.2, 0) is 4.79 Å². The molecule has 1 fully saturated rings. The number of benzene rings is 2. The van der Waals surface area contributed by atoms with Gasteiger partial charge in [-0.05, 0) is 43.9 Å². The molecule has 1 saturated heterocycles. The third kappa shape index (κ3) is 3.98. The molecule has 130 valence electrons. The van der Waals surface area contributed by atoms with E-state index in [1.165, 1.54) is 5.56 Å². The molecular weight excluding hydrogens is 310 g/mol. The number of amides is 1. The lowest BCUT2D eigenvalue weighted by Crippen LogP contribution is -2.30. The van der Waals surface area contributed by atoms with E-state index in [9.17, 15) is 9.59 Å². The minimum atomic E-state index is 0.0602. The summed E-state index contributed by atoms with van der Waals surface area (Å²) in [6, 6.07) is 16.2. The maximum absolute atomic E-state index is 12.7. The molecular formula is C22H25NO2. The molecule has 0 aliphatic carbocycles. The summed E-state index contributed by atoms with van der Waals surface area (Å²) in [5.74, 6) is 0.148. The third-order valence-electron chi connectivity index (χ3n) is 5.02. The Morgan fingerprint density at radius 2 is 1.80 bits per heavy atom. The number of carbonyl (C=O) groups excluding carboxylic acids is 2. The second-order valence-electron chi connectivity index (χ2n) is 6.90. The quantitative estimate of drug-likeness (QED) is 0.747. The van der Waals surface area contributed by atoms with Gasteiger partial charge < -0.3 is 4.90 Å². The van der Waals surface area contributed by atoms with Crippen LogP contribution in [0, 0.1) is 13.8 Å². The second-order valence-corrected chi connectivity index (χ2v) is 6.90. The zero-order valence-electron chi connectivity index (χ0n) is 15.0. The average molecular weight is 335 g/mol. The predicted octanol–water partition coefficient (Wildman–Crippen LogP) is 4.63. The lowest BCUT2D eigenvalue weighted by atomic mass is 9.99. The minimum Gasteiger partial charge on any atom is -0.336 e. The molecule has 0 aromatic heterocycles. The van der Waals surface area contributed by atoms with Gasteiger partial charge in [0.15, 0.2) is 5.78 Å². The van der Waals surface area contributed by atoms with E-state index in [2.05, 4.69) is 12.1 Å². The van der Waals surface area contributed by atoms with Crippen molar-refractivity contribution in [2.24, 2.45) is 0 Å². The predicted molar refractivity (Wildman–Crippen MR) is 99.6 cm³/mol. The smallest absolute Gasteiger partial charge is 0.223 e. The Morgan fingerprint density at radius 3 is 2.56 bits per heavy atom. The molecule has 1 aliphatic rings. The number of likely N-dealkylation sites (tertiary alicyclic amines) is 1. The van der Waals surface area contributed by atoms with Crippen LogP contribution < -0.4 is 0 Å². The van der Waals surface area contributed by atoms with Gasteiger partial charge in [0.2, 0.25) is 5.91 Å². The molecule has 0 radical (unpaired) electrons. The fourth-order valence-electron chi connectivity index (χ4n) is 3.62. The largest absolute Gasteiger partial charge is 0.336 e. The molecule has 1 heterocycles. The normalized spacial score (nSPS) is 16.9. The number of hydrogen-bond acceptors (Lipinski definition) is 2. The maximum Gasteiger partial charge on any atom is 0.223 e. The molecule has 0 spiro atoms. The van der Waals surface area contributed by atoms with Crippen LogP contribution in [0.1, 0.15) is 58.8 Å². The monoisotopic (exact) mass is 335 g/mol. The number of aryl methyl sites for hydroxylation is 2. The molecule has 3 heteroatoms. The van der Waals surface area contributed by atoms with Crippen LogP contribution in [0.3, 0.4) is 0 Å². The topological polar surface area (TPSA) is 37.4 Å². The Hall–Kier alpha value is -2.42. The van der Waals surface area contributed by atoms with Gasteiger partial charge >= 0.3 is 0 Å².